The van der Waals surface area contributed by atoms with E-state index < -0.39 is 6.10 Å². The number of phenols is 1. The first-order valence-electron chi connectivity index (χ1n) is 5.18. The third-order valence-electron chi connectivity index (χ3n) is 2.59. The van der Waals surface area contributed by atoms with Crippen LogP contribution < -0.4 is 0 Å². The van der Waals surface area contributed by atoms with Gasteiger partial charge in [0, 0.05) is 5.56 Å². The van der Waals surface area contributed by atoms with Crippen molar-refractivity contribution in [2.24, 2.45) is 0 Å². The minimum atomic E-state index is -0.885. The van der Waals surface area contributed by atoms with Gasteiger partial charge in [0.1, 0.15) is 11.9 Å². The number of para-hydroxylation sites is 1. The van der Waals surface area contributed by atoms with Gasteiger partial charge in [-0.1, -0.05) is 30.3 Å². The molecule has 0 saturated heterocycles. The van der Waals surface area contributed by atoms with E-state index in [-0.39, 0.29) is 5.75 Å². The van der Waals surface area contributed by atoms with Gasteiger partial charge in [-0.2, -0.15) is 5.26 Å². The summed E-state index contributed by atoms with van der Waals surface area (Å²) in [4.78, 5) is 0. The minimum absolute atomic E-state index is 0.0596. The molecule has 0 bridgehead atoms. The molecule has 17 heavy (non-hydrogen) atoms. The largest absolute Gasteiger partial charge is 0.508 e. The zero-order chi connectivity index (χ0) is 12.3. The summed E-state index contributed by atoms with van der Waals surface area (Å²) in [7, 11) is 0. The molecule has 0 radical (unpaired) electrons. The van der Waals surface area contributed by atoms with Gasteiger partial charge in [-0.3, -0.25) is 0 Å². The Morgan fingerprint density at radius 1 is 1.00 bits per heavy atom. The highest BCUT2D eigenvalue weighted by molar-refractivity contribution is 5.41. The van der Waals surface area contributed by atoms with Gasteiger partial charge in [-0.25, -0.2) is 0 Å². The van der Waals surface area contributed by atoms with E-state index in [1.54, 1.807) is 42.5 Å². The Labute approximate surface area is 99.2 Å². The molecular weight excluding hydrogens is 214 g/mol. The number of aliphatic hydroxyl groups is 1. The van der Waals surface area contributed by atoms with Gasteiger partial charge < -0.3 is 10.2 Å². The lowest BCUT2D eigenvalue weighted by Crippen LogP contribution is -1.99. The van der Waals surface area contributed by atoms with Gasteiger partial charge in [0.15, 0.2) is 0 Å². The topological polar surface area (TPSA) is 64.2 Å². The van der Waals surface area contributed by atoms with Gasteiger partial charge in [0.05, 0.1) is 11.6 Å². The Kier molecular flexibility index (Phi) is 3.08. The standard InChI is InChI=1S/C14H11NO2/c15-9-10-5-7-11(8-6-10)14(17)12-3-1-2-4-13(12)16/h1-8,14,16-17H. The molecule has 0 aliphatic rings. The number of benzene rings is 2. The van der Waals surface area contributed by atoms with E-state index in [9.17, 15) is 10.2 Å². The van der Waals surface area contributed by atoms with E-state index in [1.165, 1.54) is 6.07 Å². The summed E-state index contributed by atoms with van der Waals surface area (Å²) in [5.74, 6) is 0.0596. The third-order valence-corrected chi connectivity index (χ3v) is 2.59. The quantitative estimate of drug-likeness (QED) is 0.824. The van der Waals surface area contributed by atoms with E-state index in [2.05, 4.69) is 0 Å². The average Bonchev–Trinajstić information content (AvgIpc) is 2.39. The monoisotopic (exact) mass is 225 g/mol. The van der Waals surface area contributed by atoms with Crippen LogP contribution in [-0.4, -0.2) is 10.2 Å². The van der Waals surface area contributed by atoms with Gasteiger partial charge in [0.25, 0.3) is 0 Å². The number of nitriles is 1. The molecule has 2 N–H and O–H groups in total. The maximum Gasteiger partial charge on any atom is 0.121 e. The first-order chi connectivity index (χ1) is 8.22. The van der Waals surface area contributed by atoms with Crippen LogP contribution in [0, 0.1) is 11.3 Å². The molecule has 3 nitrogen and oxygen atoms in total. The Bertz CT molecular complexity index is 555. The molecule has 1 atom stereocenters. The summed E-state index contributed by atoms with van der Waals surface area (Å²) in [6, 6.07) is 15.3. The Hall–Kier alpha value is -2.31. The zero-order valence-corrected chi connectivity index (χ0v) is 9.04. The number of nitrogens with zero attached hydrogens (tertiary/aromatic N) is 1. The minimum Gasteiger partial charge on any atom is -0.508 e. The first kappa shape index (κ1) is 11.2. The van der Waals surface area contributed by atoms with Crippen LogP contribution in [0.2, 0.25) is 0 Å². The maximum atomic E-state index is 10.1. The fourth-order valence-corrected chi connectivity index (χ4v) is 1.64. The van der Waals surface area contributed by atoms with Crippen LogP contribution in [0.3, 0.4) is 0 Å². The van der Waals surface area contributed by atoms with Gasteiger partial charge >= 0.3 is 0 Å². The van der Waals surface area contributed by atoms with Crippen molar-refractivity contribution in [3.8, 4) is 11.8 Å². The number of hydrogen-bond acceptors (Lipinski definition) is 3. The van der Waals surface area contributed by atoms with Crippen molar-refractivity contribution in [1.29, 1.82) is 5.26 Å². The Morgan fingerprint density at radius 2 is 1.65 bits per heavy atom. The van der Waals surface area contributed by atoms with Crippen molar-refractivity contribution in [3.05, 3.63) is 65.2 Å². The molecule has 0 saturated carbocycles. The van der Waals surface area contributed by atoms with E-state index in [4.69, 9.17) is 5.26 Å². The van der Waals surface area contributed by atoms with E-state index in [1.807, 2.05) is 6.07 Å². The fraction of sp³-hybridized carbons (Fsp3) is 0.0714. The van der Waals surface area contributed by atoms with Crippen LogP contribution in [-0.2, 0) is 0 Å². The molecular formula is C14H11NO2. The molecule has 0 aliphatic heterocycles. The highest BCUT2D eigenvalue weighted by Gasteiger charge is 2.13. The molecule has 84 valence electrons. The number of aliphatic hydroxyl groups excluding tert-OH is 1. The lowest BCUT2D eigenvalue weighted by molar-refractivity contribution is 0.215. The normalized spacial score (nSPS) is 11.8. The van der Waals surface area contributed by atoms with Crippen molar-refractivity contribution in [2.75, 3.05) is 0 Å². The molecule has 3 heteroatoms. The molecule has 0 spiro atoms. The van der Waals surface area contributed by atoms with E-state index in [0.29, 0.717) is 16.7 Å². The summed E-state index contributed by atoms with van der Waals surface area (Å²) in [5.41, 5.74) is 1.64. The zero-order valence-electron chi connectivity index (χ0n) is 9.04. The summed E-state index contributed by atoms with van der Waals surface area (Å²) in [6.07, 6.45) is -0.885. The summed E-state index contributed by atoms with van der Waals surface area (Å²) < 4.78 is 0. The molecule has 0 aromatic heterocycles. The third kappa shape index (κ3) is 2.27. The van der Waals surface area contributed by atoms with Crippen LogP contribution in [0.1, 0.15) is 22.8 Å². The second-order valence-corrected chi connectivity index (χ2v) is 3.70. The molecule has 0 heterocycles. The second-order valence-electron chi connectivity index (χ2n) is 3.70. The van der Waals surface area contributed by atoms with Crippen molar-refractivity contribution in [2.45, 2.75) is 6.10 Å². The summed E-state index contributed by atoms with van der Waals surface area (Å²) >= 11 is 0. The average molecular weight is 225 g/mol. The highest BCUT2D eigenvalue weighted by Crippen LogP contribution is 2.28. The van der Waals surface area contributed by atoms with Gasteiger partial charge in [0.2, 0.25) is 0 Å². The fourth-order valence-electron chi connectivity index (χ4n) is 1.64. The summed E-state index contributed by atoms with van der Waals surface area (Å²) in [5, 5.41) is 28.4. The number of phenolic OH excluding ortho intramolecular Hbond substituents is 1. The van der Waals surface area contributed by atoms with Crippen molar-refractivity contribution < 1.29 is 10.2 Å². The molecule has 0 fully saturated rings. The molecule has 0 aliphatic carbocycles. The van der Waals surface area contributed by atoms with Crippen molar-refractivity contribution in [1.82, 2.24) is 0 Å². The maximum absolute atomic E-state index is 10.1. The van der Waals surface area contributed by atoms with E-state index >= 15 is 0 Å². The predicted molar refractivity (Wildman–Crippen MR) is 63.3 cm³/mol. The van der Waals surface area contributed by atoms with Gasteiger partial charge in [-0.15, -0.1) is 0 Å². The predicted octanol–water partition coefficient (Wildman–Crippen LogP) is 2.35. The van der Waals surface area contributed by atoms with Crippen molar-refractivity contribution >= 4 is 0 Å². The highest BCUT2D eigenvalue weighted by atomic mass is 16.3. The van der Waals surface area contributed by atoms with E-state index in [0.717, 1.165) is 0 Å². The molecule has 2 aromatic carbocycles. The second kappa shape index (κ2) is 4.69. The van der Waals surface area contributed by atoms with Crippen molar-refractivity contribution in [3.63, 3.8) is 0 Å². The molecule has 0 amide bonds. The summed E-state index contributed by atoms with van der Waals surface area (Å²) in [6.45, 7) is 0. The number of rotatable bonds is 2. The molecule has 1 unspecified atom stereocenters. The van der Waals surface area contributed by atoms with Crippen LogP contribution in [0.15, 0.2) is 48.5 Å². The lowest BCUT2D eigenvalue weighted by atomic mass is 10.00. The number of aromatic hydroxyl groups is 1. The van der Waals surface area contributed by atoms with Crippen LogP contribution in [0.4, 0.5) is 0 Å². The smallest absolute Gasteiger partial charge is 0.121 e. The Morgan fingerprint density at radius 3 is 2.24 bits per heavy atom. The lowest BCUT2D eigenvalue weighted by Gasteiger charge is -2.12. The van der Waals surface area contributed by atoms with Crippen LogP contribution in [0.5, 0.6) is 5.75 Å². The van der Waals surface area contributed by atoms with Gasteiger partial charge in [-0.05, 0) is 23.8 Å². The first-order valence-corrected chi connectivity index (χ1v) is 5.18. The van der Waals surface area contributed by atoms with Crippen LogP contribution >= 0.6 is 0 Å². The SMILES string of the molecule is N#Cc1ccc(C(O)c2ccccc2O)cc1. The number of hydrogen-bond donors (Lipinski definition) is 2. The molecule has 2 rings (SSSR count). The molecule has 2 aromatic rings. The Balaban J connectivity index is 2.34. The van der Waals surface area contributed by atoms with Crippen LogP contribution in [0.25, 0.3) is 0 Å².